The van der Waals surface area contributed by atoms with Gasteiger partial charge in [0.2, 0.25) is 0 Å². The Morgan fingerprint density at radius 3 is 2.67 bits per heavy atom. The first-order valence-electron chi connectivity index (χ1n) is 7.37. The lowest BCUT2D eigenvalue weighted by atomic mass is 10.2. The van der Waals surface area contributed by atoms with Crippen LogP contribution in [0.25, 0.3) is 11.4 Å². The number of carboxylic acid groups (broad SMARTS) is 1. The summed E-state index contributed by atoms with van der Waals surface area (Å²) in [6.07, 6.45) is 0.403. The van der Waals surface area contributed by atoms with Crippen LogP contribution in [-0.2, 0) is 11.3 Å². The first-order valence-corrected chi connectivity index (χ1v) is 7.37. The molecule has 128 valence electrons. The number of hydrogen-bond donors (Lipinski definition) is 4. The van der Waals surface area contributed by atoms with Gasteiger partial charge in [0, 0.05) is 18.5 Å². The normalized spacial score (nSPS) is 10.2. The first kappa shape index (κ1) is 17.3. The molecule has 0 fully saturated rings. The van der Waals surface area contributed by atoms with Gasteiger partial charge in [0.25, 0.3) is 0 Å². The van der Waals surface area contributed by atoms with E-state index in [1.807, 2.05) is 24.3 Å². The largest absolute Gasteiger partial charge is 0.497 e. The highest BCUT2D eigenvalue weighted by atomic mass is 16.5. The second kappa shape index (κ2) is 8.51. The summed E-state index contributed by atoms with van der Waals surface area (Å²) < 4.78 is 5.09. The molecule has 0 unspecified atom stereocenters. The minimum atomic E-state index is -0.884. The van der Waals surface area contributed by atoms with Crippen LogP contribution in [0.2, 0.25) is 0 Å². The summed E-state index contributed by atoms with van der Waals surface area (Å²) in [6.45, 7) is 0.486. The Morgan fingerprint density at radius 1 is 1.25 bits per heavy atom. The number of ether oxygens (including phenoxy) is 1. The fraction of sp³-hybridized carbons (Fsp3) is 0.333. The minimum absolute atomic E-state index is 0.0214. The number of carbonyl (C=O) groups excluding carboxylic acids is 1. The molecule has 0 saturated heterocycles. The van der Waals surface area contributed by atoms with E-state index in [0.29, 0.717) is 24.6 Å². The maximum atomic E-state index is 11.6. The van der Waals surface area contributed by atoms with Gasteiger partial charge in [0.1, 0.15) is 11.6 Å². The summed E-state index contributed by atoms with van der Waals surface area (Å²) in [5.41, 5.74) is 0.830. The number of hydrogen-bond acceptors (Lipinski definition) is 5. The second-order valence-corrected chi connectivity index (χ2v) is 4.94. The zero-order valence-electron chi connectivity index (χ0n) is 13.2. The standard InChI is InChI=1S/C15H19N5O4/c1-24-11-6-4-10(5-7-11)14-18-12(19-20-14)9-17-15(23)16-8-2-3-13(21)22/h4-7H,2-3,8-9H2,1H3,(H,21,22)(H2,16,17,23)(H,18,19,20). The fourth-order valence-electron chi connectivity index (χ4n) is 1.91. The summed E-state index contributed by atoms with van der Waals surface area (Å²) >= 11 is 0. The van der Waals surface area contributed by atoms with Crippen LogP contribution in [0.4, 0.5) is 4.79 Å². The van der Waals surface area contributed by atoms with Gasteiger partial charge >= 0.3 is 12.0 Å². The predicted molar refractivity (Wildman–Crippen MR) is 85.5 cm³/mol. The fourth-order valence-corrected chi connectivity index (χ4v) is 1.91. The van der Waals surface area contributed by atoms with Crippen molar-refractivity contribution in [3.63, 3.8) is 0 Å². The van der Waals surface area contributed by atoms with Crippen molar-refractivity contribution in [1.82, 2.24) is 25.8 Å². The van der Waals surface area contributed by atoms with Crippen LogP contribution in [0.15, 0.2) is 24.3 Å². The maximum Gasteiger partial charge on any atom is 0.315 e. The molecule has 2 aromatic rings. The lowest BCUT2D eigenvalue weighted by molar-refractivity contribution is -0.137. The van der Waals surface area contributed by atoms with Crippen molar-refractivity contribution in [2.75, 3.05) is 13.7 Å². The van der Waals surface area contributed by atoms with Crippen LogP contribution in [0.1, 0.15) is 18.7 Å². The molecular weight excluding hydrogens is 314 g/mol. The van der Waals surface area contributed by atoms with Crippen LogP contribution < -0.4 is 15.4 Å². The third-order valence-electron chi connectivity index (χ3n) is 3.15. The highest BCUT2D eigenvalue weighted by Gasteiger charge is 2.07. The number of urea groups is 1. The molecule has 0 aliphatic heterocycles. The predicted octanol–water partition coefficient (Wildman–Crippen LogP) is 1.14. The molecule has 0 aliphatic rings. The van der Waals surface area contributed by atoms with E-state index < -0.39 is 5.97 Å². The molecule has 1 heterocycles. The summed E-state index contributed by atoms with van der Waals surface area (Å²) in [5.74, 6) is 0.901. The summed E-state index contributed by atoms with van der Waals surface area (Å²) in [4.78, 5) is 26.2. The second-order valence-electron chi connectivity index (χ2n) is 4.94. The van der Waals surface area contributed by atoms with E-state index in [1.54, 1.807) is 7.11 Å². The van der Waals surface area contributed by atoms with Crippen molar-refractivity contribution < 1.29 is 19.4 Å². The van der Waals surface area contributed by atoms with Gasteiger partial charge in [-0.25, -0.2) is 9.78 Å². The van der Waals surface area contributed by atoms with E-state index in [1.165, 1.54) is 0 Å². The Hall–Kier alpha value is -3.10. The van der Waals surface area contributed by atoms with E-state index in [-0.39, 0.29) is 19.0 Å². The highest BCUT2D eigenvalue weighted by molar-refractivity contribution is 5.73. The minimum Gasteiger partial charge on any atom is -0.497 e. The molecule has 2 rings (SSSR count). The van der Waals surface area contributed by atoms with Gasteiger partial charge in [-0.2, -0.15) is 5.10 Å². The van der Waals surface area contributed by atoms with Crippen LogP contribution >= 0.6 is 0 Å². The van der Waals surface area contributed by atoms with Crippen LogP contribution in [-0.4, -0.2) is 45.9 Å². The van der Waals surface area contributed by atoms with E-state index in [2.05, 4.69) is 25.8 Å². The Kier molecular flexibility index (Phi) is 6.12. The Bertz CT molecular complexity index is 683. The average Bonchev–Trinajstić information content (AvgIpc) is 3.06. The number of benzene rings is 1. The number of aromatic amines is 1. The lowest BCUT2D eigenvalue weighted by Crippen LogP contribution is -2.35. The molecule has 9 nitrogen and oxygen atoms in total. The summed E-state index contributed by atoms with van der Waals surface area (Å²) in [7, 11) is 1.60. The number of nitrogens with one attached hydrogen (secondary N) is 3. The molecule has 0 atom stereocenters. The van der Waals surface area contributed by atoms with E-state index in [4.69, 9.17) is 9.84 Å². The van der Waals surface area contributed by atoms with Crippen molar-refractivity contribution in [2.45, 2.75) is 19.4 Å². The zero-order valence-corrected chi connectivity index (χ0v) is 13.2. The van der Waals surface area contributed by atoms with Gasteiger partial charge < -0.3 is 20.5 Å². The number of carboxylic acids is 1. The number of rotatable bonds is 8. The molecule has 4 N–H and O–H groups in total. The quantitative estimate of drug-likeness (QED) is 0.536. The van der Waals surface area contributed by atoms with Crippen molar-refractivity contribution in [3.8, 4) is 17.1 Å². The number of nitrogens with zero attached hydrogens (tertiary/aromatic N) is 2. The molecule has 0 aliphatic carbocycles. The molecule has 0 bridgehead atoms. The van der Waals surface area contributed by atoms with Crippen molar-refractivity contribution in [3.05, 3.63) is 30.1 Å². The smallest absolute Gasteiger partial charge is 0.315 e. The van der Waals surface area contributed by atoms with E-state index >= 15 is 0 Å². The molecule has 2 amide bonds. The van der Waals surface area contributed by atoms with Crippen LogP contribution in [0.5, 0.6) is 5.75 Å². The third-order valence-corrected chi connectivity index (χ3v) is 3.15. The Labute approximate surface area is 138 Å². The maximum absolute atomic E-state index is 11.6. The van der Waals surface area contributed by atoms with Gasteiger partial charge in [-0.05, 0) is 30.7 Å². The van der Waals surface area contributed by atoms with Crippen molar-refractivity contribution in [2.24, 2.45) is 0 Å². The van der Waals surface area contributed by atoms with Gasteiger partial charge in [-0.15, -0.1) is 0 Å². The highest BCUT2D eigenvalue weighted by Crippen LogP contribution is 2.18. The number of amides is 2. The molecule has 1 aromatic carbocycles. The van der Waals surface area contributed by atoms with Crippen LogP contribution in [0, 0.1) is 0 Å². The monoisotopic (exact) mass is 333 g/mol. The first-order chi connectivity index (χ1) is 11.6. The van der Waals surface area contributed by atoms with E-state index in [0.717, 1.165) is 11.3 Å². The number of carbonyl (C=O) groups is 2. The van der Waals surface area contributed by atoms with E-state index in [9.17, 15) is 9.59 Å². The van der Waals surface area contributed by atoms with Crippen LogP contribution in [0.3, 0.4) is 0 Å². The zero-order chi connectivity index (χ0) is 17.4. The number of aromatic nitrogens is 3. The Morgan fingerprint density at radius 2 is 2.00 bits per heavy atom. The number of methoxy groups -OCH3 is 1. The van der Waals surface area contributed by atoms with Gasteiger partial charge in [0.15, 0.2) is 5.82 Å². The third kappa shape index (κ3) is 5.27. The summed E-state index contributed by atoms with van der Waals surface area (Å²) in [5, 5.41) is 20.5. The number of H-pyrrole nitrogens is 1. The molecule has 0 radical (unpaired) electrons. The molecule has 0 saturated carbocycles. The Balaban J connectivity index is 1.78. The lowest BCUT2D eigenvalue weighted by Gasteiger charge is -2.05. The van der Waals surface area contributed by atoms with Gasteiger partial charge in [-0.3, -0.25) is 9.89 Å². The molecule has 9 heteroatoms. The molecule has 1 aromatic heterocycles. The molecular formula is C15H19N5O4. The topological polar surface area (TPSA) is 129 Å². The summed E-state index contributed by atoms with van der Waals surface area (Å²) in [6, 6.07) is 6.92. The van der Waals surface area contributed by atoms with Crippen molar-refractivity contribution in [1.29, 1.82) is 0 Å². The average molecular weight is 333 g/mol. The SMILES string of the molecule is COc1ccc(-c2n[nH]c(CNC(=O)NCCCC(=O)O)n2)cc1. The molecule has 24 heavy (non-hydrogen) atoms. The molecule has 0 spiro atoms. The number of aliphatic carboxylic acids is 1. The van der Waals surface area contributed by atoms with Gasteiger partial charge in [0.05, 0.1) is 13.7 Å². The van der Waals surface area contributed by atoms with Gasteiger partial charge in [-0.1, -0.05) is 0 Å². The van der Waals surface area contributed by atoms with Crippen molar-refractivity contribution >= 4 is 12.0 Å².